The molecule has 0 aliphatic heterocycles. The van der Waals surface area contributed by atoms with Crippen LogP contribution < -0.4 is 10.0 Å². The molecule has 0 fully saturated rings. The summed E-state index contributed by atoms with van der Waals surface area (Å²) in [5.41, 5.74) is 4.44. The van der Waals surface area contributed by atoms with Crippen molar-refractivity contribution in [2.24, 2.45) is 0 Å². The molecule has 0 saturated heterocycles. The largest absolute Gasteiger partial charge is 0.550 e. The molecule has 0 aliphatic carbocycles. The van der Waals surface area contributed by atoms with Crippen molar-refractivity contribution in [3.05, 3.63) is 71.4 Å². The first kappa shape index (κ1) is 22.6. The molecule has 164 valence electrons. The maximum Gasteiger partial charge on any atom is 0.155 e. The number of nitrogens with zero attached hydrogens (tertiary/aromatic N) is 3. The third kappa shape index (κ3) is 4.98. The van der Waals surface area contributed by atoms with Gasteiger partial charge in [0.25, 0.3) is 0 Å². The standard InChI is InChI=1S/C26H33N3O2/c1-25(2,3)21-15-19(16-22(26(4,5)6)20(21)17-24(30)31)28(7)23-13-14-29(27-23)18-11-9-8-10-12-18/h8-16H,17H2,1-7H3,(H,30,31)/p-1. The van der Waals surface area contributed by atoms with Gasteiger partial charge in [-0.05, 0) is 51.8 Å². The van der Waals surface area contributed by atoms with E-state index in [0.29, 0.717) is 0 Å². The van der Waals surface area contributed by atoms with E-state index in [1.807, 2.05) is 59.2 Å². The Hall–Kier alpha value is -3.08. The van der Waals surface area contributed by atoms with Gasteiger partial charge in [0, 0.05) is 37.4 Å². The molecule has 0 saturated carbocycles. The molecule has 5 nitrogen and oxygen atoms in total. The fourth-order valence-corrected chi connectivity index (χ4v) is 3.87. The lowest BCUT2D eigenvalue weighted by Gasteiger charge is -2.33. The molecule has 0 aliphatic rings. The van der Waals surface area contributed by atoms with Gasteiger partial charge in [0.15, 0.2) is 5.82 Å². The lowest BCUT2D eigenvalue weighted by atomic mass is 9.75. The summed E-state index contributed by atoms with van der Waals surface area (Å²) in [6, 6.07) is 16.2. The summed E-state index contributed by atoms with van der Waals surface area (Å²) in [4.78, 5) is 13.6. The first-order valence-electron chi connectivity index (χ1n) is 10.6. The summed E-state index contributed by atoms with van der Waals surface area (Å²) in [6.07, 6.45) is 1.85. The quantitative estimate of drug-likeness (QED) is 0.611. The van der Waals surface area contributed by atoms with Gasteiger partial charge in [-0.25, -0.2) is 4.68 Å². The van der Waals surface area contributed by atoms with E-state index in [2.05, 4.69) is 53.7 Å². The molecule has 1 heterocycles. The Kier molecular flexibility index (Phi) is 5.99. The van der Waals surface area contributed by atoms with E-state index >= 15 is 0 Å². The second-order valence-corrected chi connectivity index (χ2v) is 10.1. The second-order valence-electron chi connectivity index (χ2n) is 10.1. The highest BCUT2D eigenvalue weighted by atomic mass is 16.4. The Labute approximate surface area is 185 Å². The molecule has 5 heteroatoms. The van der Waals surface area contributed by atoms with Crippen molar-refractivity contribution in [3.8, 4) is 5.69 Å². The highest BCUT2D eigenvalue weighted by molar-refractivity contribution is 5.72. The molecule has 1 aromatic heterocycles. The van der Waals surface area contributed by atoms with Crippen molar-refractivity contribution in [2.75, 3.05) is 11.9 Å². The van der Waals surface area contributed by atoms with Crippen LogP contribution in [0.5, 0.6) is 0 Å². The fourth-order valence-electron chi connectivity index (χ4n) is 3.87. The highest BCUT2D eigenvalue weighted by Crippen LogP contribution is 2.39. The molecule has 3 rings (SSSR count). The van der Waals surface area contributed by atoms with E-state index in [9.17, 15) is 9.90 Å². The van der Waals surface area contributed by atoms with Gasteiger partial charge in [0.05, 0.1) is 5.69 Å². The van der Waals surface area contributed by atoms with Gasteiger partial charge in [-0.15, -0.1) is 5.10 Å². The summed E-state index contributed by atoms with van der Waals surface area (Å²) in [5, 5.41) is 16.3. The topological polar surface area (TPSA) is 61.2 Å². The molecule has 2 aromatic carbocycles. The summed E-state index contributed by atoms with van der Waals surface area (Å²) in [7, 11) is 1.99. The number of hydrogen-bond donors (Lipinski definition) is 0. The average molecular weight is 419 g/mol. The number of aromatic nitrogens is 2. The van der Waals surface area contributed by atoms with Gasteiger partial charge in [-0.2, -0.15) is 0 Å². The van der Waals surface area contributed by atoms with Crippen molar-refractivity contribution in [3.63, 3.8) is 0 Å². The van der Waals surface area contributed by atoms with E-state index in [0.717, 1.165) is 33.9 Å². The number of para-hydroxylation sites is 1. The van der Waals surface area contributed by atoms with Crippen molar-refractivity contribution >= 4 is 17.5 Å². The third-order valence-electron chi connectivity index (χ3n) is 5.50. The van der Waals surface area contributed by atoms with Gasteiger partial charge in [0.1, 0.15) is 0 Å². The Morgan fingerprint density at radius 2 is 1.52 bits per heavy atom. The van der Waals surface area contributed by atoms with Crippen LogP contribution in [-0.4, -0.2) is 22.8 Å². The van der Waals surface area contributed by atoms with E-state index in [-0.39, 0.29) is 17.3 Å². The zero-order chi connectivity index (χ0) is 23.0. The maximum atomic E-state index is 11.6. The van der Waals surface area contributed by atoms with Crippen LogP contribution in [0.4, 0.5) is 11.5 Å². The van der Waals surface area contributed by atoms with Gasteiger partial charge < -0.3 is 14.8 Å². The molecule has 0 bridgehead atoms. The van der Waals surface area contributed by atoms with Crippen LogP contribution in [0.2, 0.25) is 0 Å². The van der Waals surface area contributed by atoms with E-state index in [1.54, 1.807) is 0 Å². The monoisotopic (exact) mass is 418 g/mol. The Morgan fingerprint density at radius 3 is 2.00 bits per heavy atom. The van der Waals surface area contributed by atoms with Gasteiger partial charge in [-0.1, -0.05) is 59.7 Å². The molecular weight excluding hydrogens is 386 g/mol. The van der Waals surface area contributed by atoms with Crippen LogP contribution in [0.25, 0.3) is 5.69 Å². The molecule has 0 amide bonds. The zero-order valence-electron chi connectivity index (χ0n) is 19.6. The van der Waals surface area contributed by atoms with E-state index in [1.165, 1.54) is 0 Å². The normalized spacial score (nSPS) is 12.1. The predicted octanol–water partition coefficient (Wildman–Crippen LogP) is 4.53. The van der Waals surface area contributed by atoms with Crippen molar-refractivity contribution in [1.82, 2.24) is 9.78 Å². The molecular formula is C26H32N3O2-. The van der Waals surface area contributed by atoms with Crippen LogP contribution >= 0.6 is 0 Å². The van der Waals surface area contributed by atoms with Crippen molar-refractivity contribution in [1.29, 1.82) is 0 Å². The maximum absolute atomic E-state index is 11.6. The number of carbonyl (C=O) groups is 1. The Morgan fingerprint density at radius 1 is 0.968 bits per heavy atom. The van der Waals surface area contributed by atoms with Crippen LogP contribution in [0.3, 0.4) is 0 Å². The number of aliphatic carboxylic acids is 1. The number of anilines is 2. The molecule has 3 aromatic rings. The summed E-state index contributed by atoms with van der Waals surface area (Å²) in [5.74, 6) is -0.241. The van der Waals surface area contributed by atoms with Crippen LogP contribution in [0.1, 0.15) is 58.2 Å². The van der Waals surface area contributed by atoms with Gasteiger partial charge in [-0.3, -0.25) is 0 Å². The van der Waals surface area contributed by atoms with Crippen molar-refractivity contribution in [2.45, 2.75) is 58.8 Å². The number of hydrogen-bond acceptors (Lipinski definition) is 4. The van der Waals surface area contributed by atoms with Crippen molar-refractivity contribution < 1.29 is 9.90 Å². The minimum atomic E-state index is -1.06. The lowest BCUT2D eigenvalue weighted by molar-refractivity contribution is -0.304. The van der Waals surface area contributed by atoms with E-state index in [4.69, 9.17) is 5.10 Å². The molecule has 0 unspecified atom stereocenters. The Balaban J connectivity index is 2.13. The van der Waals surface area contributed by atoms with Crippen LogP contribution in [0, 0.1) is 0 Å². The molecule has 0 radical (unpaired) electrons. The SMILES string of the molecule is CN(c1cc(C(C)(C)C)c(CC(=O)[O-])c(C(C)(C)C)c1)c1ccn(-c2ccccc2)n1. The van der Waals surface area contributed by atoms with Gasteiger partial charge in [0.2, 0.25) is 0 Å². The molecule has 31 heavy (non-hydrogen) atoms. The summed E-state index contributed by atoms with van der Waals surface area (Å²) < 4.78 is 1.85. The lowest BCUT2D eigenvalue weighted by Crippen LogP contribution is -2.29. The highest BCUT2D eigenvalue weighted by Gasteiger charge is 2.27. The molecule has 0 spiro atoms. The van der Waals surface area contributed by atoms with Gasteiger partial charge >= 0.3 is 0 Å². The number of rotatable bonds is 5. The Bertz CT molecular complexity index is 1040. The average Bonchev–Trinajstić information content (AvgIpc) is 3.16. The molecule has 0 N–H and O–H groups in total. The smallest absolute Gasteiger partial charge is 0.155 e. The van der Waals surface area contributed by atoms with Crippen LogP contribution in [0.15, 0.2) is 54.7 Å². The number of carbonyl (C=O) groups excluding carboxylic acids is 1. The second kappa shape index (κ2) is 8.22. The zero-order valence-corrected chi connectivity index (χ0v) is 19.6. The minimum Gasteiger partial charge on any atom is -0.550 e. The summed E-state index contributed by atoms with van der Waals surface area (Å²) in [6.45, 7) is 12.7. The molecule has 0 atom stereocenters. The number of carboxylic acid groups (broad SMARTS) is 1. The third-order valence-corrected chi connectivity index (χ3v) is 5.50. The number of benzene rings is 2. The predicted molar refractivity (Wildman–Crippen MR) is 124 cm³/mol. The number of carboxylic acids is 1. The first-order valence-corrected chi connectivity index (χ1v) is 10.6. The summed E-state index contributed by atoms with van der Waals surface area (Å²) >= 11 is 0. The minimum absolute atomic E-state index is 0.0914. The van der Waals surface area contributed by atoms with Crippen LogP contribution in [-0.2, 0) is 22.0 Å². The fraction of sp³-hybridized carbons (Fsp3) is 0.385. The first-order chi connectivity index (χ1) is 14.4. The van der Waals surface area contributed by atoms with E-state index < -0.39 is 5.97 Å².